The zero-order chi connectivity index (χ0) is 12.6. The second-order valence-corrected chi connectivity index (χ2v) is 5.74. The van der Waals surface area contributed by atoms with Gasteiger partial charge in [-0.2, -0.15) is 0 Å². The van der Waals surface area contributed by atoms with Gasteiger partial charge in [-0.1, -0.05) is 12.8 Å². The lowest BCUT2D eigenvalue weighted by Gasteiger charge is -2.44. The van der Waals surface area contributed by atoms with Gasteiger partial charge in [0.25, 0.3) is 0 Å². The van der Waals surface area contributed by atoms with Crippen molar-refractivity contribution in [2.75, 3.05) is 39.4 Å². The zero-order valence-corrected chi connectivity index (χ0v) is 12.0. The third kappa shape index (κ3) is 4.22. The van der Waals surface area contributed by atoms with E-state index in [2.05, 4.69) is 17.1 Å². The maximum atomic E-state index is 5.34. The van der Waals surface area contributed by atoms with E-state index in [4.69, 9.17) is 4.74 Å². The second-order valence-electron chi connectivity index (χ2n) is 5.74. The highest BCUT2D eigenvalue weighted by atomic mass is 16.5. The van der Waals surface area contributed by atoms with Crippen LogP contribution in [-0.4, -0.2) is 50.3 Å². The predicted octanol–water partition coefficient (Wildman–Crippen LogP) is 2.27. The van der Waals surface area contributed by atoms with Gasteiger partial charge in [-0.15, -0.1) is 0 Å². The molecule has 18 heavy (non-hydrogen) atoms. The number of fused-ring (bicyclic) bond motifs is 1. The number of hydrogen-bond donors (Lipinski definition) is 1. The Kier molecular flexibility index (Phi) is 6.46. The molecule has 1 aliphatic heterocycles. The third-order valence-electron chi connectivity index (χ3n) is 4.56. The van der Waals surface area contributed by atoms with Crippen molar-refractivity contribution >= 4 is 0 Å². The van der Waals surface area contributed by atoms with Crippen molar-refractivity contribution in [3.8, 4) is 0 Å². The van der Waals surface area contributed by atoms with Crippen molar-refractivity contribution in [2.45, 2.75) is 51.5 Å². The Hall–Kier alpha value is -0.120. The van der Waals surface area contributed by atoms with Gasteiger partial charge in [0.05, 0.1) is 6.61 Å². The lowest BCUT2D eigenvalue weighted by Crippen LogP contribution is -2.49. The molecule has 3 nitrogen and oxygen atoms in total. The lowest BCUT2D eigenvalue weighted by molar-refractivity contribution is 0.0612. The molecule has 0 amide bonds. The Labute approximate surface area is 112 Å². The summed E-state index contributed by atoms with van der Waals surface area (Å²) < 4.78 is 5.34. The minimum absolute atomic E-state index is 0.831. The molecule has 0 aromatic heterocycles. The van der Waals surface area contributed by atoms with Crippen LogP contribution in [0.3, 0.4) is 0 Å². The average molecular weight is 254 g/mol. The first-order valence-corrected chi connectivity index (χ1v) is 7.94. The smallest absolute Gasteiger partial charge is 0.0590 e. The third-order valence-corrected chi connectivity index (χ3v) is 4.56. The first-order chi connectivity index (χ1) is 8.92. The lowest BCUT2D eigenvalue weighted by atomic mass is 9.78. The zero-order valence-electron chi connectivity index (χ0n) is 12.0. The van der Waals surface area contributed by atoms with Crippen molar-refractivity contribution < 1.29 is 4.74 Å². The molecular weight excluding hydrogens is 224 g/mol. The van der Waals surface area contributed by atoms with Gasteiger partial charge >= 0.3 is 0 Å². The Bertz CT molecular complexity index is 221. The number of nitrogens with zero attached hydrogens (tertiary/aromatic N) is 1. The van der Waals surface area contributed by atoms with Crippen LogP contribution in [0.5, 0.6) is 0 Å². The summed E-state index contributed by atoms with van der Waals surface area (Å²) in [6.07, 6.45) is 8.76. The Balaban J connectivity index is 1.62. The highest BCUT2D eigenvalue weighted by molar-refractivity contribution is 4.87. The van der Waals surface area contributed by atoms with Crippen molar-refractivity contribution in [1.82, 2.24) is 10.2 Å². The quantitative estimate of drug-likeness (QED) is 0.705. The van der Waals surface area contributed by atoms with Gasteiger partial charge in [-0.25, -0.2) is 0 Å². The van der Waals surface area contributed by atoms with Crippen LogP contribution >= 0.6 is 0 Å². The van der Waals surface area contributed by atoms with Gasteiger partial charge in [-0.3, -0.25) is 4.90 Å². The number of nitrogens with one attached hydrogen (secondary N) is 1. The molecular formula is C15H30N2O. The highest BCUT2D eigenvalue weighted by Crippen LogP contribution is 2.34. The topological polar surface area (TPSA) is 24.5 Å². The van der Waals surface area contributed by atoms with Crippen LogP contribution in [0.15, 0.2) is 0 Å². The SMILES string of the molecule is CCOCCNCCN1CCC[C@H]2CCCC[C@H]21. The molecule has 1 N–H and O–H groups in total. The van der Waals surface area contributed by atoms with Gasteiger partial charge in [0.2, 0.25) is 0 Å². The van der Waals surface area contributed by atoms with Gasteiger partial charge < -0.3 is 10.1 Å². The van der Waals surface area contributed by atoms with Crippen LogP contribution < -0.4 is 5.32 Å². The molecule has 2 fully saturated rings. The number of ether oxygens (including phenoxy) is 1. The summed E-state index contributed by atoms with van der Waals surface area (Å²) in [4.78, 5) is 2.75. The summed E-state index contributed by atoms with van der Waals surface area (Å²) in [6.45, 7) is 8.41. The molecule has 0 unspecified atom stereocenters. The molecule has 1 aliphatic carbocycles. The van der Waals surface area contributed by atoms with E-state index in [1.54, 1.807) is 0 Å². The molecule has 106 valence electrons. The summed E-state index contributed by atoms with van der Waals surface area (Å²) in [5.41, 5.74) is 0. The van der Waals surface area contributed by atoms with E-state index in [-0.39, 0.29) is 0 Å². The standard InChI is InChI=1S/C15H30N2O/c1-2-18-13-10-16-9-12-17-11-5-7-14-6-3-4-8-15(14)17/h14-16H,2-13H2,1H3/t14-,15-/m1/s1. The minimum Gasteiger partial charge on any atom is -0.380 e. The molecule has 3 heteroatoms. The molecule has 0 aromatic rings. The molecule has 0 bridgehead atoms. The average Bonchev–Trinajstić information content (AvgIpc) is 2.43. The van der Waals surface area contributed by atoms with Gasteiger partial charge in [0.1, 0.15) is 0 Å². The monoisotopic (exact) mass is 254 g/mol. The number of hydrogen-bond acceptors (Lipinski definition) is 3. The van der Waals surface area contributed by atoms with Crippen molar-refractivity contribution in [3.05, 3.63) is 0 Å². The van der Waals surface area contributed by atoms with Crippen LogP contribution in [-0.2, 0) is 4.74 Å². The van der Waals surface area contributed by atoms with Crippen LogP contribution in [0.2, 0.25) is 0 Å². The first-order valence-electron chi connectivity index (χ1n) is 7.94. The number of rotatable bonds is 7. The first kappa shape index (κ1) is 14.3. The summed E-state index contributed by atoms with van der Waals surface area (Å²) in [7, 11) is 0. The van der Waals surface area contributed by atoms with Crippen LogP contribution in [0.1, 0.15) is 45.4 Å². The second kappa shape index (κ2) is 8.13. The van der Waals surface area contributed by atoms with Crippen molar-refractivity contribution in [2.24, 2.45) is 5.92 Å². The Morgan fingerprint density at radius 2 is 1.94 bits per heavy atom. The van der Waals surface area contributed by atoms with E-state index < -0.39 is 0 Å². The molecule has 0 radical (unpaired) electrons. The van der Waals surface area contributed by atoms with Crippen molar-refractivity contribution in [1.29, 1.82) is 0 Å². The molecule has 0 aromatic carbocycles. The molecule has 2 rings (SSSR count). The molecule has 2 aliphatic rings. The molecule has 1 heterocycles. The van der Waals surface area contributed by atoms with Crippen LogP contribution in [0.25, 0.3) is 0 Å². The van der Waals surface area contributed by atoms with Gasteiger partial charge in [0, 0.05) is 32.3 Å². The fourth-order valence-electron chi connectivity index (χ4n) is 3.64. The fourth-order valence-corrected chi connectivity index (χ4v) is 3.64. The van der Waals surface area contributed by atoms with E-state index in [0.29, 0.717) is 0 Å². The van der Waals surface area contributed by atoms with Crippen molar-refractivity contribution in [3.63, 3.8) is 0 Å². The maximum Gasteiger partial charge on any atom is 0.0590 e. The summed E-state index contributed by atoms with van der Waals surface area (Å²) in [5, 5.41) is 3.50. The number of piperidine rings is 1. The van der Waals surface area contributed by atoms with Gasteiger partial charge in [-0.05, 0) is 45.1 Å². The van der Waals surface area contributed by atoms with E-state index >= 15 is 0 Å². The predicted molar refractivity (Wildman–Crippen MR) is 75.9 cm³/mol. The maximum absolute atomic E-state index is 5.34. The van der Waals surface area contributed by atoms with E-state index in [0.717, 1.165) is 38.3 Å². The molecule has 2 atom stereocenters. The molecule has 0 spiro atoms. The van der Waals surface area contributed by atoms with E-state index in [9.17, 15) is 0 Å². The summed E-state index contributed by atoms with van der Waals surface area (Å²) >= 11 is 0. The highest BCUT2D eigenvalue weighted by Gasteiger charge is 2.32. The summed E-state index contributed by atoms with van der Waals surface area (Å²) in [6, 6.07) is 0.904. The van der Waals surface area contributed by atoms with E-state index in [1.165, 1.54) is 51.6 Å². The Morgan fingerprint density at radius 1 is 1.11 bits per heavy atom. The van der Waals surface area contributed by atoms with Crippen LogP contribution in [0.4, 0.5) is 0 Å². The molecule has 1 saturated heterocycles. The van der Waals surface area contributed by atoms with E-state index in [1.807, 2.05) is 0 Å². The fraction of sp³-hybridized carbons (Fsp3) is 1.00. The Morgan fingerprint density at radius 3 is 2.83 bits per heavy atom. The normalized spacial score (nSPS) is 29.2. The summed E-state index contributed by atoms with van der Waals surface area (Å²) in [5.74, 6) is 1.01. The minimum atomic E-state index is 0.831. The number of likely N-dealkylation sites (tertiary alicyclic amines) is 1. The molecule has 1 saturated carbocycles. The van der Waals surface area contributed by atoms with Gasteiger partial charge in [0.15, 0.2) is 0 Å². The largest absolute Gasteiger partial charge is 0.380 e. The van der Waals surface area contributed by atoms with Crippen LogP contribution in [0, 0.1) is 5.92 Å².